The lowest BCUT2D eigenvalue weighted by Crippen LogP contribution is -2.34. The highest BCUT2D eigenvalue weighted by Gasteiger charge is 2.21. The van der Waals surface area contributed by atoms with Gasteiger partial charge in [-0.05, 0) is 17.7 Å². The fourth-order valence-electron chi connectivity index (χ4n) is 2.62. The molecule has 0 aliphatic carbocycles. The summed E-state index contributed by atoms with van der Waals surface area (Å²) >= 11 is 6.05. The number of carbonyl (C=O) groups excluding carboxylic acids is 1. The molecule has 1 aliphatic rings. The molecule has 1 aromatic heterocycles. The molecule has 2 aromatic rings. The number of hydrogen-bond donors (Lipinski definition) is 0. The number of Topliss-reactive ketones (excluding diaryl/α,β-unsaturated/α-hetero) is 1. The highest BCUT2D eigenvalue weighted by Crippen LogP contribution is 2.36. The predicted molar refractivity (Wildman–Crippen MR) is 84.1 cm³/mol. The third-order valence-electron chi connectivity index (χ3n) is 3.77. The van der Waals surface area contributed by atoms with Crippen molar-refractivity contribution >= 4 is 34.1 Å². The second kappa shape index (κ2) is 5.96. The third-order valence-corrected chi connectivity index (χ3v) is 3.94. The van der Waals surface area contributed by atoms with Gasteiger partial charge in [0.15, 0.2) is 11.5 Å². The normalized spacial score (nSPS) is 15.2. The quantitative estimate of drug-likeness (QED) is 0.809. The molecule has 1 saturated heterocycles. The van der Waals surface area contributed by atoms with Crippen LogP contribution in [-0.2, 0) is 4.79 Å². The first kappa shape index (κ1) is 14.8. The number of benzene rings is 1. The summed E-state index contributed by atoms with van der Waals surface area (Å²) in [7, 11) is 3.16. The summed E-state index contributed by atoms with van der Waals surface area (Å²) in [6.07, 6.45) is 1.05. The van der Waals surface area contributed by atoms with Crippen LogP contribution in [0.4, 0.5) is 5.82 Å². The number of methoxy groups -OCH3 is 2. The number of nitrogens with zero attached hydrogens (tertiary/aromatic N) is 3. The minimum absolute atomic E-state index is 0.173. The van der Waals surface area contributed by atoms with Crippen LogP contribution in [0.25, 0.3) is 10.9 Å². The molecular weight excluding hydrogens is 306 g/mol. The van der Waals surface area contributed by atoms with Crippen molar-refractivity contribution in [1.82, 2.24) is 9.97 Å². The third kappa shape index (κ3) is 2.66. The van der Waals surface area contributed by atoms with E-state index in [2.05, 4.69) is 14.9 Å². The maximum atomic E-state index is 11.4. The molecule has 0 spiro atoms. The Balaban J connectivity index is 2.14. The molecule has 0 unspecified atom stereocenters. The average molecular weight is 322 g/mol. The van der Waals surface area contributed by atoms with Gasteiger partial charge in [0.25, 0.3) is 0 Å². The zero-order chi connectivity index (χ0) is 15.7. The number of carbonyl (C=O) groups is 1. The summed E-state index contributed by atoms with van der Waals surface area (Å²) in [6.45, 7) is 1.27. The summed E-state index contributed by atoms with van der Waals surface area (Å²) in [6, 6.07) is 3.62. The molecule has 1 fully saturated rings. The number of aromatic nitrogens is 2. The van der Waals surface area contributed by atoms with Crippen LogP contribution in [0.3, 0.4) is 0 Å². The minimum atomic E-state index is 0.173. The molecule has 0 N–H and O–H groups in total. The molecule has 116 valence electrons. The van der Waals surface area contributed by atoms with Gasteiger partial charge in [-0.1, -0.05) is 0 Å². The number of piperidine rings is 1. The molecule has 0 bridgehead atoms. The minimum Gasteiger partial charge on any atom is -0.493 e. The maximum absolute atomic E-state index is 11.4. The summed E-state index contributed by atoms with van der Waals surface area (Å²) < 4.78 is 10.6. The fraction of sp³-hybridized carbons (Fsp3) is 0.400. The van der Waals surface area contributed by atoms with Crippen molar-refractivity contribution in [3.8, 4) is 11.5 Å². The summed E-state index contributed by atoms with van der Waals surface area (Å²) in [4.78, 5) is 22.1. The van der Waals surface area contributed by atoms with E-state index in [0.717, 1.165) is 11.2 Å². The number of ketones is 1. The molecule has 1 aliphatic heterocycles. The lowest BCUT2D eigenvalue weighted by atomic mass is 10.1. The number of rotatable bonds is 3. The van der Waals surface area contributed by atoms with Crippen LogP contribution in [0, 0.1) is 0 Å². The lowest BCUT2D eigenvalue weighted by Gasteiger charge is -2.28. The van der Waals surface area contributed by atoms with Gasteiger partial charge in [0.1, 0.15) is 11.6 Å². The van der Waals surface area contributed by atoms with Gasteiger partial charge >= 0.3 is 0 Å². The Labute approximate surface area is 133 Å². The molecule has 0 saturated carbocycles. The first-order valence-electron chi connectivity index (χ1n) is 6.98. The highest BCUT2D eigenvalue weighted by molar-refractivity contribution is 6.28. The van der Waals surface area contributed by atoms with Gasteiger partial charge in [-0.2, -0.15) is 4.98 Å². The van der Waals surface area contributed by atoms with Crippen molar-refractivity contribution in [2.75, 3.05) is 32.2 Å². The molecular formula is C15H16ClN3O3. The molecule has 22 heavy (non-hydrogen) atoms. The molecule has 6 nitrogen and oxygen atoms in total. The largest absolute Gasteiger partial charge is 0.493 e. The maximum Gasteiger partial charge on any atom is 0.224 e. The number of hydrogen-bond acceptors (Lipinski definition) is 6. The van der Waals surface area contributed by atoms with Crippen LogP contribution >= 0.6 is 11.6 Å². The lowest BCUT2D eigenvalue weighted by molar-refractivity contribution is -0.119. The van der Waals surface area contributed by atoms with Crippen LogP contribution in [0.5, 0.6) is 11.5 Å². The zero-order valence-electron chi connectivity index (χ0n) is 12.4. The monoisotopic (exact) mass is 321 g/mol. The summed E-state index contributed by atoms with van der Waals surface area (Å²) in [5.74, 6) is 2.20. The van der Waals surface area contributed by atoms with Crippen molar-refractivity contribution in [1.29, 1.82) is 0 Å². The SMILES string of the molecule is COc1cc2nc(Cl)nc(N3CCC(=O)CC3)c2cc1OC. The molecule has 0 amide bonds. The first-order valence-corrected chi connectivity index (χ1v) is 7.36. The van der Waals surface area contributed by atoms with Gasteiger partial charge < -0.3 is 14.4 Å². The van der Waals surface area contributed by atoms with E-state index in [0.29, 0.717) is 42.9 Å². The topological polar surface area (TPSA) is 64.6 Å². The molecule has 1 aromatic carbocycles. The Kier molecular flexibility index (Phi) is 4.02. The number of fused-ring (bicyclic) bond motifs is 1. The molecule has 2 heterocycles. The Morgan fingerprint density at radius 3 is 2.36 bits per heavy atom. The molecule has 3 rings (SSSR count). The molecule has 0 atom stereocenters. The van der Waals surface area contributed by atoms with Crippen LogP contribution in [0.1, 0.15) is 12.8 Å². The van der Waals surface area contributed by atoms with Crippen molar-refractivity contribution < 1.29 is 14.3 Å². The van der Waals surface area contributed by atoms with E-state index in [-0.39, 0.29) is 11.1 Å². The molecule has 0 radical (unpaired) electrons. The second-order valence-corrected chi connectivity index (χ2v) is 5.40. The van der Waals surface area contributed by atoms with E-state index >= 15 is 0 Å². The van der Waals surface area contributed by atoms with Gasteiger partial charge in [-0.3, -0.25) is 4.79 Å². The van der Waals surface area contributed by atoms with Crippen molar-refractivity contribution in [2.45, 2.75) is 12.8 Å². The van der Waals surface area contributed by atoms with Gasteiger partial charge in [0, 0.05) is 37.4 Å². The Morgan fingerprint density at radius 1 is 1.09 bits per heavy atom. The summed E-state index contributed by atoms with van der Waals surface area (Å²) in [5.41, 5.74) is 0.685. The van der Waals surface area contributed by atoms with Crippen molar-refractivity contribution in [3.05, 3.63) is 17.4 Å². The Bertz CT molecular complexity index is 726. The van der Waals surface area contributed by atoms with Crippen LogP contribution in [-0.4, -0.2) is 43.1 Å². The van der Waals surface area contributed by atoms with Crippen LogP contribution < -0.4 is 14.4 Å². The Hall–Kier alpha value is -2.08. The second-order valence-electron chi connectivity index (χ2n) is 5.07. The number of halogens is 1. The van der Waals surface area contributed by atoms with E-state index in [1.165, 1.54) is 0 Å². The summed E-state index contributed by atoms with van der Waals surface area (Å²) in [5, 5.41) is 1.00. The number of ether oxygens (including phenoxy) is 2. The van der Waals surface area contributed by atoms with Crippen molar-refractivity contribution in [3.63, 3.8) is 0 Å². The van der Waals surface area contributed by atoms with Crippen LogP contribution in [0.15, 0.2) is 12.1 Å². The predicted octanol–water partition coefficient (Wildman–Crippen LogP) is 2.47. The van der Waals surface area contributed by atoms with Gasteiger partial charge in [0.05, 0.1) is 19.7 Å². The zero-order valence-corrected chi connectivity index (χ0v) is 13.2. The molecule has 7 heteroatoms. The van der Waals surface area contributed by atoms with E-state index in [9.17, 15) is 4.79 Å². The van der Waals surface area contributed by atoms with Gasteiger partial charge in [-0.15, -0.1) is 0 Å². The van der Waals surface area contributed by atoms with E-state index in [1.54, 1.807) is 20.3 Å². The first-order chi connectivity index (χ1) is 10.6. The average Bonchev–Trinajstić information content (AvgIpc) is 2.53. The standard InChI is InChI=1S/C15H16ClN3O3/c1-21-12-7-10-11(8-13(12)22-2)17-15(16)18-14(10)19-5-3-9(20)4-6-19/h7-8H,3-6H2,1-2H3. The fourth-order valence-corrected chi connectivity index (χ4v) is 2.79. The smallest absolute Gasteiger partial charge is 0.224 e. The van der Waals surface area contributed by atoms with E-state index in [4.69, 9.17) is 21.1 Å². The number of anilines is 1. The van der Waals surface area contributed by atoms with E-state index in [1.807, 2.05) is 6.07 Å². The Morgan fingerprint density at radius 2 is 1.73 bits per heavy atom. The van der Waals surface area contributed by atoms with Gasteiger partial charge in [0.2, 0.25) is 5.28 Å². The van der Waals surface area contributed by atoms with Crippen LogP contribution in [0.2, 0.25) is 5.28 Å². The highest BCUT2D eigenvalue weighted by atomic mass is 35.5. The van der Waals surface area contributed by atoms with Gasteiger partial charge in [-0.25, -0.2) is 4.98 Å². The van der Waals surface area contributed by atoms with E-state index < -0.39 is 0 Å². The van der Waals surface area contributed by atoms with Crippen molar-refractivity contribution in [2.24, 2.45) is 0 Å².